The van der Waals surface area contributed by atoms with Gasteiger partial charge in [-0.3, -0.25) is 0 Å². The molecule has 0 saturated heterocycles. The Bertz CT molecular complexity index is 2990. The highest BCUT2D eigenvalue weighted by atomic mass is 16.3. The van der Waals surface area contributed by atoms with E-state index >= 15 is 0 Å². The largest absolute Gasteiger partial charge is 0.456 e. The zero-order valence-electron chi connectivity index (χ0n) is 28.3. The van der Waals surface area contributed by atoms with Crippen molar-refractivity contribution in [1.29, 1.82) is 0 Å². The summed E-state index contributed by atoms with van der Waals surface area (Å²) >= 11 is 0. The first kappa shape index (κ1) is 28.9. The molecule has 0 aliphatic heterocycles. The second kappa shape index (κ2) is 11.3. The molecule has 8 aromatic carbocycles. The fraction of sp³-hybridized carbons (Fsp3) is 0.0204. The lowest BCUT2D eigenvalue weighted by atomic mass is 9.99. The van der Waals surface area contributed by atoms with Gasteiger partial charge in [0, 0.05) is 50.4 Å². The first-order valence-electron chi connectivity index (χ1n) is 17.9. The standard InChI is InChI=1S/C49H32N2O/c1-2-11-36(12-3-1)51-46-16-8-6-14-42(46)45-30-38(24-27-47(45)51)50(39-23-26-44-43-15-7-9-17-48(43)52-49(44)31-39)37-21-18-32(19-22-37)33-20-25-41-35(28-33)29-34-10-4-5-13-40(34)41/h1-28,30-31H,29H2. The molecule has 244 valence electrons. The smallest absolute Gasteiger partial charge is 0.137 e. The summed E-state index contributed by atoms with van der Waals surface area (Å²) in [6.07, 6.45) is 0.985. The van der Waals surface area contributed by atoms with Crippen LogP contribution in [0.5, 0.6) is 0 Å². The Hall–Kier alpha value is -6.84. The van der Waals surface area contributed by atoms with Crippen molar-refractivity contribution < 1.29 is 4.42 Å². The molecule has 3 heteroatoms. The molecule has 0 saturated carbocycles. The number of para-hydroxylation sites is 3. The van der Waals surface area contributed by atoms with Gasteiger partial charge in [0.15, 0.2) is 0 Å². The number of fused-ring (bicyclic) bond motifs is 9. The van der Waals surface area contributed by atoms with Crippen LogP contribution in [0.25, 0.3) is 71.7 Å². The van der Waals surface area contributed by atoms with Crippen LogP contribution in [0.3, 0.4) is 0 Å². The lowest BCUT2D eigenvalue weighted by Gasteiger charge is -2.26. The minimum absolute atomic E-state index is 0.876. The predicted molar refractivity (Wildman–Crippen MR) is 216 cm³/mol. The summed E-state index contributed by atoms with van der Waals surface area (Å²) in [7, 11) is 0. The van der Waals surface area contributed by atoms with Crippen molar-refractivity contribution in [2.24, 2.45) is 0 Å². The zero-order chi connectivity index (χ0) is 34.2. The number of hydrogen-bond acceptors (Lipinski definition) is 2. The monoisotopic (exact) mass is 664 g/mol. The number of furan rings is 1. The summed E-state index contributed by atoms with van der Waals surface area (Å²) in [5.74, 6) is 0. The van der Waals surface area contributed by atoms with Gasteiger partial charge in [0.05, 0.1) is 11.0 Å². The Balaban J connectivity index is 1.06. The van der Waals surface area contributed by atoms with Gasteiger partial charge in [-0.25, -0.2) is 0 Å². The highest BCUT2D eigenvalue weighted by Crippen LogP contribution is 2.43. The van der Waals surface area contributed by atoms with Crippen LogP contribution in [-0.4, -0.2) is 4.57 Å². The van der Waals surface area contributed by atoms with Crippen molar-refractivity contribution in [3.05, 3.63) is 193 Å². The molecular weight excluding hydrogens is 633 g/mol. The molecule has 0 unspecified atom stereocenters. The Labute approximate surface area is 301 Å². The van der Waals surface area contributed by atoms with Crippen molar-refractivity contribution in [2.75, 3.05) is 4.90 Å². The average Bonchev–Trinajstić information content (AvgIpc) is 3.87. The number of rotatable bonds is 5. The number of aromatic nitrogens is 1. The quantitative estimate of drug-likeness (QED) is 0.183. The molecule has 0 radical (unpaired) electrons. The molecule has 3 nitrogen and oxygen atoms in total. The highest BCUT2D eigenvalue weighted by molar-refractivity contribution is 6.11. The summed E-state index contributed by atoms with van der Waals surface area (Å²) in [6.45, 7) is 0. The Morgan fingerprint density at radius 3 is 1.96 bits per heavy atom. The minimum Gasteiger partial charge on any atom is -0.456 e. The van der Waals surface area contributed by atoms with Crippen molar-refractivity contribution in [3.63, 3.8) is 0 Å². The van der Waals surface area contributed by atoms with Crippen LogP contribution in [-0.2, 0) is 6.42 Å². The number of anilines is 3. The van der Waals surface area contributed by atoms with Gasteiger partial charge in [-0.1, -0.05) is 109 Å². The number of hydrogen-bond donors (Lipinski definition) is 0. The maximum atomic E-state index is 6.40. The first-order chi connectivity index (χ1) is 25.8. The van der Waals surface area contributed by atoms with E-state index in [1.807, 2.05) is 12.1 Å². The van der Waals surface area contributed by atoms with Gasteiger partial charge in [0.2, 0.25) is 0 Å². The summed E-state index contributed by atoms with van der Waals surface area (Å²) in [5.41, 5.74) is 16.5. The van der Waals surface area contributed by atoms with Crippen LogP contribution in [0.4, 0.5) is 17.1 Å². The molecular formula is C49H32N2O. The Morgan fingerprint density at radius 1 is 0.404 bits per heavy atom. The second-order valence-electron chi connectivity index (χ2n) is 13.8. The van der Waals surface area contributed by atoms with Gasteiger partial charge < -0.3 is 13.9 Å². The maximum Gasteiger partial charge on any atom is 0.137 e. The molecule has 11 rings (SSSR count). The summed E-state index contributed by atoms with van der Waals surface area (Å²) in [6, 6.07) is 65.7. The SMILES string of the molecule is c1ccc(-n2c3ccccc3c3cc(N(c4ccc(-c5ccc6c(c5)Cc5ccccc5-6)cc4)c4ccc5c(c4)oc4ccccc45)ccc32)cc1. The third-order valence-electron chi connectivity index (χ3n) is 10.8. The van der Waals surface area contributed by atoms with Crippen molar-refractivity contribution in [3.8, 4) is 27.9 Å². The summed E-state index contributed by atoms with van der Waals surface area (Å²) in [4.78, 5) is 2.35. The Morgan fingerprint density at radius 2 is 1.06 bits per heavy atom. The first-order valence-corrected chi connectivity index (χ1v) is 17.9. The molecule has 0 atom stereocenters. The van der Waals surface area contributed by atoms with E-state index in [1.165, 1.54) is 55.2 Å². The van der Waals surface area contributed by atoms with E-state index in [-0.39, 0.29) is 0 Å². The van der Waals surface area contributed by atoms with Crippen molar-refractivity contribution in [1.82, 2.24) is 4.57 Å². The topological polar surface area (TPSA) is 21.3 Å². The molecule has 52 heavy (non-hydrogen) atoms. The molecule has 0 bridgehead atoms. The fourth-order valence-corrected chi connectivity index (χ4v) is 8.38. The summed E-state index contributed by atoms with van der Waals surface area (Å²) in [5, 5.41) is 4.69. The summed E-state index contributed by atoms with van der Waals surface area (Å²) < 4.78 is 8.77. The molecule has 0 N–H and O–H groups in total. The fourth-order valence-electron chi connectivity index (χ4n) is 8.38. The average molecular weight is 665 g/mol. The van der Waals surface area contributed by atoms with Crippen LogP contribution in [0.1, 0.15) is 11.1 Å². The van der Waals surface area contributed by atoms with E-state index in [0.717, 1.165) is 51.1 Å². The van der Waals surface area contributed by atoms with Crippen LogP contribution < -0.4 is 4.90 Å². The predicted octanol–water partition coefficient (Wildman–Crippen LogP) is 13.4. The highest BCUT2D eigenvalue weighted by Gasteiger charge is 2.21. The molecule has 1 aliphatic rings. The second-order valence-corrected chi connectivity index (χ2v) is 13.8. The normalized spacial score (nSPS) is 12.2. The van der Waals surface area contributed by atoms with Gasteiger partial charge in [-0.2, -0.15) is 0 Å². The minimum atomic E-state index is 0.876. The molecule has 1 aliphatic carbocycles. The van der Waals surface area contributed by atoms with E-state index in [2.05, 4.69) is 179 Å². The third-order valence-corrected chi connectivity index (χ3v) is 10.8. The van der Waals surface area contributed by atoms with Gasteiger partial charge in [0.1, 0.15) is 11.2 Å². The van der Waals surface area contributed by atoms with E-state index in [0.29, 0.717) is 0 Å². The maximum absolute atomic E-state index is 6.40. The lowest BCUT2D eigenvalue weighted by Crippen LogP contribution is -2.09. The number of benzene rings is 8. The molecule has 2 heterocycles. The molecule has 0 amide bonds. The third kappa shape index (κ3) is 4.46. The van der Waals surface area contributed by atoms with Gasteiger partial charge >= 0.3 is 0 Å². The van der Waals surface area contributed by atoms with Crippen molar-refractivity contribution >= 4 is 60.8 Å². The van der Waals surface area contributed by atoms with Crippen LogP contribution in [0.2, 0.25) is 0 Å². The molecule has 0 spiro atoms. The van der Waals surface area contributed by atoms with Gasteiger partial charge in [-0.15, -0.1) is 0 Å². The van der Waals surface area contributed by atoms with E-state index < -0.39 is 0 Å². The van der Waals surface area contributed by atoms with Crippen molar-refractivity contribution in [2.45, 2.75) is 6.42 Å². The molecule has 2 aromatic heterocycles. The van der Waals surface area contributed by atoms with E-state index in [1.54, 1.807) is 0 Å². The molecule has 0 fully saturated rings. The van der Waals surface area contributed by atoms with E-state index in [4.69, 9.17) is 4.42 Å². The van der Waals surface area contributed by atoms with Gasteiger partial charge in [-0.05, 0) is 107 Å². The van der Waals surface area contributed by atoms with Crippen LogP contribution in [0.15, 0.2) is 186 Å². The van der Waals surface area contributed by atoms with Crippen LogP contribution in [0, 0.1) is 0 Å². The number of nitrogens with zero attached hydrogens (tertiary/aromatic N) is 2. The van der Waals surface area contributed by atoms with Gasteiger partial charge in [0.25, 0.3) is 0 Å². The molecule has 10 aromatic rings. The Kier molecular flexibility index (Phi) is 6.31. The lowest BCUT2D eigenvalue weighted by molar-refractivity contribution is 0.669. The van der Waals surface area contributed by atoms with Crippen LogP contribution >= 0.6 is 0 Å². The zero-order valence-corrected chi connectivity index (χ0v) is 28.3. The van der Waals surface area contributed by atoms with E-state index in [9.17, 15) is 0 Å².